The van der Waals surface area contributed by atoms with Gasteiger partial charge in [0.05, 0.1) is 6.26 Å². The van der Waals surface area contributed by atoms with E-state index >= 15 is 0 Å². The van der Waals surface area contributed by atoms with Crippen LogP contribution in [0.3, 0.4) is 0 Å². The molecule has 1 aliphatic carbocycles. The van der Waals surface area contributed by atoms with Crippen LogP contribution in [-0.2, 0) is 14.8 Å². The van der Waals surface area contributed by atoms with Crippen molar-refractivity contribution in [2.75, 3.05) is 19.3 Å². The highest BCUT2D eigenvalue weighted by Gasteiger charge is 2.46. The Labute approximate surface area is 181 Å². The molecule has 1 saturated carbocycles. The van der Waals surface area contributed by atoms with E-state index in [2.05, 4.69) is 4.72 Å². The zero-order chi connectivity index (χ0) is 22.2. The van der Waals surface area contributed by atoms with Crippen molar-refractivity contribution < 1.29 is 22.0 Å². The fourth-order valence-corrected chi connectivity index (χ4v) is 5.40. The molecule has 1 aliphatic heterocycles. The quantitative estimate of drug-likeness (QED) is 0.759. The first-order valence-corrected chi connectivity index (χ1v) is 12.4. The van der Waals surface area contributed by atoms with Crippen LogP contribution in [0.15, 0.2) is 42.5 Å². The summed E-state index contributed by atoms with van der Waals surface area (Å²) in [6.07, 6.45) is 3.85. The lowest BCUT2D eigenvalue weighted by atomic mass is 9.95. The predicted molar refractivity (Wildman–Crippen MR) is 115 cm³/mol. The van der Waals surface area contributed by atoms with Gasteiger partial charge in [-0.05, 0) is 48.8 Å². The predicted octanol–water partition coefficient (Wildman–Crippen LogP) is 3.67. The van der Waals surface area contributed by atoms with Crippen LogP contribution >= 0.6 is 0 Å². The van der Waals surface area contributed by atoms with Crippen molar-refractivity contribution in [3.8, 4) is 11.1 Å². The van der Waals surface area contributed by atoms with Gasteiger partial charge in [-0.2, -0.15) is 0 Å². The SMILES string of the molecule is CS(=O)(=O)N[C@@H]1CCCN(C(=O)[C@@H]2C[C@H]2c2ccccc2-c2cccc(F)c2F)CC1. The summed E-state index contributed by atoms with van der Waals surface area (Å²) >= 11 is 0. The molecule has 166 valence electrons. The van der Waals surface area contributed by atoms with Crippen LogP contribution in [0.5, 0.6) is 0 Å². The number of hydrogen-bond acceptors (Lipinski definition) is 3. The van der Waals surface area contributed by atoms with Crippen molar-refractivity contribution in [3.05, 3.63) is 59.7 Å². The average molecular weight is 449 g/mol. The van der Waals surface area contributed by atoms with Crippen LogP contribution in [0.4, 0.5) is 8.78 Å². The zero-order valence-corrected chi connectivity index (χ0v) is 18.2. The van der Waals surface area contributed by atoms with Crippen molar-refractivity contribution in [3.63, 3.8) is 0 Å². The van der Waals surface area contributed by atoms with E-state index in [-0.39, 0.29) is 29.3 Å². The number of likely N-dealkylation sites (tertiary alicyclic amines) is 1. The Morgan fingerprint density at radius 3 is 2.55 bits per heavy atom. The van der Waals surface area contributed by atoms with E-state index in [0.717, 1.165) is 24.3 Å². The van der Waals surface area contributed by atoms with Gasteiger partial charge in [-0.15, -0.1) is 0 Å². The summed E-state index contributed by atoms with van der Waals surface area (Å²) in [6, 6.07) is 11.3. The molecule has 0 unspecified atom stereocenters. The highest BCUT2D eigenvalue weighted by Crippen LogP contribution is 2.51. The molecule has 31 heavy (non-hydrogen) atoms. The van der Waals surface area contributed by atoms with Gasteiger partial charge < -0.3 is 4.90 Å². The molecule has 4 rings (SSSR count). The number of amides is 1. The fraction of sp³-hybridized carbons (Fsp3) is 0.435. The van der Waals surface area contributed by atoms with Gasteiger partial charge in [-0.3, -0.25) is 4.79 Å². The maximum absolute atomic E-state index is 14.4. The molecule has 0 spiro atoms. The van der Waals surface area contributed by atoms with Crippen LogP contribution in [0, 0.1) is 17.6 Å². The molecule has 2 fully saturated rings. The van der Waals surface area contributed by atoms with Crippen LogP contribution in [0.25, 0.3) is 11.1 Å². The van der Waals surface area contributed by atoms with E-state index in [4.69, 9.17) is 0 Å². The minimum absolute atomic E-state index is 0.0282. The molecule has 0 bridgehead atoms. The van der Waals surface area contributed by atoms with E-state index in [1.165, 1.54) is 6.07 Å². The molecule has 2 aromatic rings. The van der Waals surface area contributed by atoms with Gasteiger partial charge in [0.2, 0.25) is 15.9 Å². The third-order valence-corrected chi connectivity index (χ3v) is 6.89. The Hall–Kier alpha value is -2.32. The molecule has 1 saturated heterocycles. The Morgan fingerprint density at radius 1 is 1.03 bits per heavy atom. The van der Waals surface area contributed by atoms with Crippen LogP contribution in [0.1, 0.15) is 37.2 Å². The molecule has 1 heterocycles. The number of hydrogen-bond donors (Lipinski definition) is 1. The Morgan fingerprint density at radius 2 is 1.77 bits per heavy atom. The third kappa shape index (κ3) is 4.96. The third-order valence-electron chi connectivity index (χ3n) is 6.13. The first-order valence-electron chi connectivity index (χ1n) is 10.5. The van der Waals surface area contributed by atoms with Gasteiger partial charge in [0, 0.05) is 30.6 Å². The first-order chi connectivity index (χ1) is 14.7. The number of carbonyl (C=O) groups excluding carboxylic acids is 1. The summed E-state index contributed by atoms with van der Waals surface area (Å²) in [4.78, 5) is 14.9. The maximum Gasteiger partial charge on any atom is 0.226 e. The second kappa shape index (κ2) is 8.67. The van der Waals surface area contributed by atoms with Crippen LogP contribution in [-0.4, -0.2) is 44.6 Å². The highest BCUT2D eigenvalue weighted by molar-refractivity contribution is 7.88. The van der Waals surface area contributed by atoms with Gasteiger partial charge >= 0.3 is 0 Å². The summed E-state index contributed by atoms with van der Waals surface area (Å²) in [5.74, 6) is -1.93. The van der Waals surface area contributed by atoms with Crippen molar-refractivity contribution in [2.45, 2.75) is 37.6 Å². The molecule has 2 aliphatic rings. The van der Waals surface area contributed by atoms with E-state index in [1.54, 1.807) is 18.2 Å². The molecule has 0 aromatic heterocycles. The number of carbonyl (C=O) groups is 1. The van der Waals surface area contributed by atoms with Gasteiger partial charge in [-0.1, -0.05) is 36.4 Å². The van der Waals surface area contributed by atoms with Crippen molar-refractivity contribution in [1.29, 1.82) is 0 Å². The second-order valence-corrected chi connectivity index (χ2v) is 10.3. The van der Waals surface area contributed by atoms with Gasteiger partial charge in [-0.25, -0.2) is 21.9 Å². The molecule has 1 N–H and O–H groups in total. The Kier molecular flexibility index (Phi) is 6.12. The molecule has 0 radical (unpaired) electrons. The Bertz CT molecular complexity index is 1090. The van der Waals surface area contributed by atoms with E-state index < -0.39 is 21.7 Å². The monoisotopic (exact) mass is 448 g/mol. The lowest BCUT2D eigenvalue weighted by molar-refractivity contribution is -0.132. The zero-order valence-electron chi connectivity index (χ0n) is 17.4. The Balaban J connectivity index is 1.47. The molecule has 2 aromatic carbocycles. The highest BCUT2D eigenvalue weighted by atomic mass is 32.2. The molecular formula is C23H26F2N2O3S. The standard InChI is InChI=1S/C23H26F2N2O3S/c1-31(29,30)26-15-6-5-12-27(13-11-15)23(28)20-14-19(20)17-8-3-2-7-16(17)18-9-4-10-21(24)22(18)25/h2-4,7-10,15,19-20,26H,5-6,11-14H2,1H3/t15-,19+,20-/m1/s1. The van der Waals surface area contributed by atoms with E-state index in [9.17, 15) is 22.0 Å². The molecular weight excluding hydrogens is 422 g/mol. The van der Waals surface area contributed by atoms with Crippen molar-refractivity contribution in [1.82, 2.24) is 9.62 Å². The number of sulfonamides is 1. The normalized spacial score (nSPS) is 24.0. The average Bonchev–Trinajstić information content (AvgIpc) is 3.53. The molecule has 3 atom stereocenters. The lowest BCUT2D eigenvalue weighted by Gasteiger charge is -2.21. The number of nitrogens with zero attached hydrogens (tertiary/aromatic N) is 1. The second-order valence-electron chi connectivity index (χ2n) is 8.48. The van der Waals surface area contributed by atoms with E-state index in [0.29, 0.717) is 37.9 Å². The number of nitrogens with one attached hydrogen (secondary N) is 1. The fourth-order valence-electron chi connectivity index (χ4n) is 4.56. The summed E-state index contributed by atoms with van der Waals surface area (Å²) in [6.45, 7) is 1.11. The van der Waals surface area contributed by atoms with Crippen molar-refractivity contribution in [2.24, 2.45) is 5.92 Å². The van der Waals surface area contributed by atoms with Gasteiger partial charge in [0.25, 0.3) is 0 Å². The number of rotatable bonds is 5. The van der Waals surface area contributed by atoms with Crippen LogP contribution in [0.2, 0.25) is 0 Å². The van der Waals surface area contributed by atoms with Crippen molar-refractivity contribution >= 4 is 15.9 Å². The minimum Gasteiger partial charge on any atom is -0.342 e. The van der Waals surface area contributed by atoms with Gasteiger partial charge in [0.1, 0.15) is 0 Å². The van der Waals surface area contributed by atoms with E-state index in [1.807, 2.05) is 17.0 Å². The molecule has 8 heteroatoms. The lowest BCUT2D eigenvalue weighted by Crippen LogP contribution is -2.36. The minimum atomic E-state index is -3.28. The van der Waals surface area contributed by atoms with Gasteiger partial charge in [0.15, 0.2) is 11.6 Å². The smallest absolute Gasteiger partial charge is 0.226 e. The maximum atomic E-state index is 14.4. The summed E-state index contributed by atoms with van der Waals surface area (Å²) in [7, 11) is -3.28. The number of benzene rings is 2. The summed E-state index contributed by atoms with van der Waals surface area (Å²) in [5, 5.41) is 0. The topological polar surface area (TPSA) is 66.5 Å². The molecule has 5 nitrogen and oxygen atoms in total. The largest absolute Gasteiger partial charge is 0.342 e. The van der Waals surface area contributed by atoms with Crippen LogP contribution < -0.4 is 4.72 Å². The number of halogens is 2. The first kappa shape index (κ1) is 21.9. The molecule has 1 amide bonds. The summed E-state index contributed by atoms with van der Waals surface area (Å²) in [5.41, 5.74) is 1.68. The summed E-state index contributed by atoms with van der Waals surface area (Å²) < 4.78 is 53.8.